The zero-order valence-corrected chi connectivity index (χ0v) is 17.4. The molecule has 0 aliphatic rings. The molecule has 2 aromatic carbocycles. The third kappa shape index (κ3) is 4.43. The van der Waals surface area contributed by atoms with Crippen molar-refractivity contribution in [2.45, 2.75) is 0 Å². The Morgan fingerprint density at radius 1 is 1.00 bits per heavy atom. The third-order valence-electron chi connectivity index (χ3n) is 4.62. The van der Waals surface area contributed by atoms with Crippen molar-refractivity contribution in [3.05, 3.63) is 66.0 Å². The second kappa shape index (κ2) is 9.29. The zero-order chi connectivity index (χ0) is 22.5. The van der Waals surface area contributed by atoms with E-state index in [1.165, 1.54) is 30.9 Å². The van der Waals surface area contributed by atoms with E-state index < -0.39 is 0 Å². The highest BCUT2D eigenvalue weighted by molar-refractivity contribution is 5.94. The van der Waals surface area contributed by atoms with Gasteiger partial charge < -0.3 is 19.5 Å². The number of rotatable bonds is 8. The van der Waals surface area contributed by atoms with E-state index in [0.29, 0.717) is 40.0 Å². The molecule has 0 fully saturated rings. The summed E-state index contributed by atoms with van der Waals surface area (Å²) in [5.41, 5.74) is 1.64. The Bertz CT molecular complexity index is 1240. The SMILES string of the molecule is COc1ccc(C(=O)NCCOc2ccc3nnc(-c4ccc(F)cc4)n3n2)cc1OC. The number of amides is 1. The van der Waals surface area contributed by atoms with Gasteiger partial charge in [-0.25, -0.2) is 4.39 Å². The van der Waals surface area contributed by atoms with E-state index >= 15 is 0 Å². The average Bonchev–Trinajstić information content (AvgIpc) is 3.25. The third-order valence-corrected chi connectivity index (χ3v) is 4.62. The molecular weight excluding hydrogens is 417 g/mol. The Labute approximate surface area is 182 Å². The van der Waals surface area contributed by atoms with Crippen LogP contribution >= 0.6 is 0 Å². The number of methoxy groups -OCH3 is 2. The first-order valence-electron chi connectivity index (χ1n) is 9.70. The van der Waals surface area contributed by atoms with E-state index in [2.05, 4.69) is 20.6 Å². The molecule has 32 heavy (non-hydrogen) atoms. The van der Waals surface area contributed by atoms with Crippen molar-refractivity contribution in [1.82, 2.24) is 25.1 Å². The van der Waals surface area contributed by atoms with E-state index in [1.54, 1.807) is 42.5 Å². The minimum atomic E-state index is -0.338. The Balaban J connectivity index is 1.38. The zero-order valence-electron chi connectivity index (χ0n) is 17.4. The van der Waals surface area contributed by atoms with E-state index in [4.69, 9.17) is 14.2 Å². The highest BCUT2D eigenvalue weighted by Gasteiger charge is 2.12. The molecule has 4 aromatic rings. The van der Waals surface area contributed by atoms with Crippen molar-refractivity contribution in [2.24, 2.45) is 0 Å². The van der Waals surface area contributed by atoms with Gasteiger partial charge in [0, 0.05) is 17.2 Å². The fourth-order valence-electron chi connectivity index (χ4n) is 3.03. The monoisotopic (exact) mass is 437 g/mol. The summed E-state index contributed by atoms with van der Waals surface area (Å²) >= 11 is 0. The van der Waals surface area contributed by atoms with Gasteiger partial charge in [-0.15, -0.1) is 15.3 Å². The van der Waals surface area contributed by atoms with Crippen LogP contribution in [0.25, 0.3) is 17.0 Å². The lowest BCUT2D eigenvalue weighted by atomic mass is 10.2. The van der Waals surface area contributed by atoms with Gasteiger partial charge >= 0.3 is 0 Å². The maximum atomic E-state index is 13.2. The van der Waals surface area contributed by atoms with Gasteiger partial charge in [0.05, 0.1) is 20.8 Å². The average molecular weight is 437 g/mol. The largest absolute Gasteiger partial charge is 0.493 e. The molecule has 0 spiro atoms. The quantitative estimate of drug-likeness (QED) is 0.423. The fourth-order valence-corrected chi connectivity index (χ4v) is 3.03. The molecule has 0 aliphatic carbocycles. The standard InChI is InChI=1S/C22H20FN5O4/c1-30-17-8-5-15(13-18(17)31-2)22(29)24-11-12-32-20-10-9-19-25-26-21(28(19)27-20)14-3-6-16(23)7-4-14/h3-10,13H,11-12H2,1-2H3,(H,24,29). The predicted molar refractivity (Wildman–Crippen MR) is 114 cm³/mol. The van der Waals surface area contributed by atoms with E-state index in [9.17, 15) is 9.18 Å². The van der Waals surface area contributed by atoms with Crippen molar-refractivity contribution in [1.29, 1.82) is 0 Å². The number of carbonyl (C=O) groups excluding carboxylic acids is 1. The number of ether oxygens (including phenoxy) is 3. The highest BCUT2D eigenvalue weighted by Crippen LogP contribution is 2.27. The van der Waals surface area contributed by atoms with Crippen LogP contribution in [0.3, 0.4) is 0 Å². The Morgan fingerprint density at radius 3 is 2.53 bits per heavy atom. The van der Waals surface area contributed by atoms with E-state index in [-0.39, 0.29) is 24.9 Å². The Hall–Kier alpha value is -4.21. The van der Waals surface area contributed by atoms with Crippen LogP contribution in [-0.2, 0) is 0 Å². The molecule has 164 valence electrons. The molecule has 4 rings (SSSR count). The lowest BCUT2D eigenvalue weighted by Crippen LogP contribution is -2.28. The minimum Gasteiger partial charge on any atom is -0.493 e. The first kappa shape index (κ1) is 21.0. The van der Waals surface area contributed by atoms with Gasteiger partial charge in [0.1, 0.15) is 12.4 Å². The molecule has 0 saturated carbocycles. The molecule has 1 amide bonds. The molecular formula is C22H20FN5O4. The van der Waals surface area contributed by atoms with Crippen molar-refractivity contribution < 1.29 is 23.4 Å². The van der Waals surface area contributed by atoms with Crippen LogP contribution in [-0.4, -0.2) is 53.1 Å². The Kier molecular flexibility index (Phi) is 6.11. The molecule has 0 bridgehead atoms. The van der Waals surface area contributed by atoms with Crippen molar-refractivity contribution >= 4 is 11.6 Å². The van der Waals surface area contributed by atoms with Crippen molar-refractivity contribution in [3.63, 3.8) is 0 Å². The molecule has 10 heteroatoms. The van der Waals surface area contributed by atoms with Gasteiger partial charge in [0.15, 0.2) is 23.0 Å². The van der Waals surface area contributed by atoms with E-state index in [1.807, 2.05) is 0 Å². The number of benzene rings is 2. The maximum absolute atomic E-state index is 13.2. The summed E-state index contributed by atoms with van der Waals surface area (Å²) in [4.78, 5) is 12.4. The molecule has 1 N–H and O–H groups in total. The molecule has 0 aliphatic heterocycles. The number of nitrogens with zero attached hydrogens (tertiary/aromatic N) is 4. The van der Waals surface area contributed by atoms with Gasteiger partial charge in [-0.1, -0.05) is 0 Å². The second-order valence-electron chi connectivity index (χ2n) is 6.65. The van der Waals surface area contributed by atoms with Gasteiger partial charge in [-0.05, 0) is 48.5 Å². The van der Waals surface area contributed by atoms with Crippen LogP contribution in [0.5, 0.6) is 17.4 Å². The van der Waals surface area contributed by atoms with Gasteiger partial charge in [-0.2, -0.15) is 4.52 Å². The highest BCUT2D eigenvalue weighted by atomic mass is 19.1. The summed E-state index contributed by atoms with van der Waals surface area (Å²) < 4.78 is 30.8. The summed E-state index contributed by atoms with van der Waals surface area (Å²) in [7, 11) is 3.04. The van der Waals surface area contributed by atoms with Crippen LogP contribution in [0.4, 0.5) is 4.39 Å². The summed E-state index contributed by atoms with van der Waals surface area (Å²) in [5, 5.41) is 15.3. The molecule has 9 nitrogen and oxygen atoms in total. The maximum Gasteiger partial charge on any atom is 0.251 e. The number of nitrogens with one attached hydrogen (secondary N) is 1. The van der Waals surface area contributed by atoms with Crippen molar-refractivity contribution in [2.75, 3.05) is 27.4 Å². The van der Waals surface area contributed by atoms with Crippen LogP contribution in [0.2, 0.25) is 0 Å². The summed E-state index contributed by atoms with van der Waals surface area (Å²) in [6.07, 6.45) is 0. The van der Waals surface area contributed by atoms with E-state index in [0.717, 1.165) is 0 Å². The molecule has 2 heterocycles. The number of hydrogen-bond acceptors (Lipinski definition) is 7. The lowest BCUT2D eigenvalue weighted by Gasteiger charge is -2.10. The van der Waals surface area contributed by atoms with Gasteiger partial charge in [-0.3, -0.25) is 4.79 Å². The van der Waals surface area contributed by atoms with Gasteiger partial charge in [0.2, 0.25) is 5.88 Å². The smallest absolute Gasteiger partial charge is 0.251 e. The predicted octanol–water partition coefficient (Wildman–Crippen LogP) is 2.76. The van der Waals surface area contributed by atoms with Crippen molar-refractivity contribution in [3.8, 4) is 28.8 Å². The summed E-state index contributed by atoms with van der Waals surface area (Å²) in [6.45, 7) is 0.464. The number of halogens is 1. The number of carbonyl (C=O) groups is 1. The first-order chi connectivity index (χ1) is 15.6. The molecule has 2 aromatic heterocycles. The first-order valence-corrected chi connectivity index (χ1v) is 9.70. The fraction of sp³-hybridized carbons (Fsp3) is 0.182. The topological polar surface area (TPSA) is 99.9 Å². The molecule has 0 saturated heterocycles. The number of aromatic nitrogens is 4. The molecule has 0 radical (unpaired) electrons. The van der Waals surface area contributed by atoms with Crippen LogP contribution in [0.1, 0.15) is 10.4 Å². The van der Waals surface area contributed by atoms with Gasteiger partial charge in [0.25, 0.3) is 5.91 Å². The summed E-state index contributed by atoms with van der Waals surface area (Å²) in [5.74, 6) is 1.21. The summed E-state index contributed by atoms with van der Waals surface area (Å²) in [6, 6.07) is 14.2. The van der Waals surface area contributed by atoms with Crippen LogP contribution < -0.4 is 19.5 Å². The lowest BCUT2D eigenvalue weighted by molar-refractivity contribution is 0.0946. The minimum absolute atomic E-state index is 0.200. The van der Waals surface area contributed by atoms with Crippen LogP contribution in [0.15, 0.2) is 54.6 Å². The number of hydrogen-bond donors (Lipinski definition) is 1. The molecule has 0 atom stereocenters. The van der Waals surface area contributed by atoms with Crippen LogP contribution in [0, 0.1) is 5.82 Å². The molecule has 0 unspecified atom stereocenters. The normalized spacial score (nSPS) is 10.7. The second-order valence-corrected chi connectivity index (χ2v) is 6.65. The number of fused-ring (bicyclic) bond motifs is 1. The Morgan fingerprint density at radius 2 is 1.78 bits per heavy atom.